The maximum Gasteiger partial charge on any atom is 0.298 e. The van der Waals surface area contributed by atoms with E-state index in [0.29, 0.717) is 49.1 Å². The number of carbonyl (C=O) groups is 2. The van der Waals surface area contributed by atoms with Crippen molar-refractivity contribution in [2.24, 2.45) is 12.0 Å². The van der Waals surface area contributed by atoms with Gasteiger partial charge in [-0.2, -0.15) is 15.2 Å². The Morgan fingerprint density at radius 3 is 2.21 bits per heavy atom. The Kier molecular flexibility index (Phi) is 9.45. The molecule has 0 saturated heterocycles. The van der Waals surface area contributed by atoms with Crippen LogP contribution < -0.4 is 20.7 Å². The molecular formula is C35H43ClN10O2. The Labute approximate surface area is 285 Å². The summed E-state index contributed by atoms with van der Waals surface area (Å²) in [4.78, 5) is 36.1. The molecule has 0 aliphatic carbocycles. The molecule has 0 fully saturated rings. The molecule has 1 atom stereocenters. The SMILES string of the molecule is CCn1nc(C)cc1C(=O)N=c1n(C)c2cccc(CCl)c2n1CCCCN1c2ccccc2N(C)C1NC(=O)c1cc(C)nn1CC. The van der Waals surface area contributed by atoms with Crippen LogP contribution in [0, 0.1) is 13.8 Å². The van der Waals surface area contributed by atoms with Crippen LogP contribution in [0.25, 0.3) is 11.0 Å². The molecule has 5 aromatic rings. The second kappa shape index (κ2) is 13.7. The number of anilines is 2. The highest BCUT2D eigenvalue weighted by Gasteiger charge is 2.35. The lowest BCUT2D eigenvalue weighted by atomic mass is 10.2. The van der Waals surface area contributed by atoms with Crippen LogP contribution in [0.4, 0.5) is 11.4 Å². The predicted octanol–water partition coefficient (Wildman–Crippen LogP) is 4.96. The van der Waals surface area contributed by atoms with Crippen molar-refractivity contribution in [3.05, 3.63) is 88.6 Å². The van der Waals surface area contributed by atoms with Crippen LogP contribution in [0.5, 0.6) is 0 Å². The molecule has 4 heterocycles. The highest BCUT2D eigenvalue weighted by Crippen LogP contribution is 2.37. The molecule has 1 aliphatic heterocycles. The Morgan fingerprint density at radius 2 is 1.52 bits per heavy atom. The van der Waals surface area contributed by atoms with Gasteiger partial charge in [0.15, 0.2) is 6.29 Å². The number of hydrogen-bond donors (Lipinski definition) is 1. The molecule has 12 nitrogen and oxygen atoms in total. The van der Waals surface area contributed by atoms with Gasteiger partial charge in [0, 0.05) is 46.2 Å². The minimum atomic E-state index is -0.362. The minimum absolute atomic E-state index is 0.164. The van der Waals surface area contributed by atoms with Crippen LogP contribution in [-0.4, -0.2) is 60.4 Å². The standard InChI is InChI=1S/C35H43ClN10O2/c1-7-45-29(20-23(3)39-45)32(47)37-34-41(5)26-15-9-10-16-27(26)43(34)18-11-12-19-44-31-25(22-36)14-13-17-28(31)42(6)35(44)38-33(48)30-21-24(4)40-46(30)8-2/h9-10,13-17,20-21,34H,7-8,11-12,18-19,22H2,1-6H3,(H,37,47). The van der Waals surface area contributed by atoms with Crippen LogP contribution in [0.2, 0.25) is 0 Å². The van der Waals surface area contributed by atoms with Crippen molar-refractivity contribution in [2.45, 2.75) is 72.3 Å². The summed E-state index contributed by atoms with van der Waals surface area (Å²) in [6.45, 7) is 10.2. The molecule has 2 amide bonds. The van der Waals surface area contributed by atoms with Gasteiger partial charge in [-0.3, -0.25) is 19.0 Å². The molecule has 0 saturated carbocycles. The Bertz CT molecular complexity index is 2050. The fraction of sp³-hybridized carbons (Fsp3) is 0.400. The Balaban J connectivity index is 1.27. The largest absolute Gasteiger partial charge is 0.336 e. The third kappa shape index (κ3) is 6.00. The number of nitrogens with zero attached hydrogens (tertiary/aromatic N) is 9. The predicted molar refractivity (Wildman–Crippen MR) is 188 cm³/mol. The van der Waals surface area contributed by atoms with E-state index in [1.54, 1.807) is 15.4 Å². The number of hydrogen-bond acceptors (Lipinski definition) is 6. The molecule has 48 heavy (non-hydrogen) atoms. The van der Waals surface area contributed by atoms with Gasteiger partial charge in [0.1, 0.15) is 11.4 Å². The lowest BCUT2D eigenvalue weighted by Gasteiger charge is -2.31. The summed E-state index contributed by atoms with van der Waals surface area (Å²) in [5, 5.41) is 12.2. The van der Waals surface area contributed by atoms with Gasteiger partial charge in [-0.05, 0) is 76.4 Å². The molecular weight excluding hydrogens is 628 g/mol. The van der Waals surface area contributed by atoms with E-state index < -0.39 is 0 Å². The van der Waals surface area contributed by atoms with Gasteiger partial charge >= 0.3 is 0 Å². The third-order valence-corrected chi connectivity index (χ3v) is 9.28. The van der Waals surface area contributed by atoms with E-state index in [1.165, 1.54) is 0 Å². The first-order valence-electron chi connectivity index (χ1n) is 16.5. The molecule has 252 valence electrons. The number of imidazole rings is 1. The fourth-order valence-electron chi connectivity index (χ4n) is 6.72. The fourth-order valence-corrected chi connectivity index (χ4v) is 6.93. The number of fused-ring (bicyclic) bond motifs is 2. The van der Waals surface area contributed by atoms with Gasteiger partial charge in [-0.25, -0.2) is 0 Å². The second-order valence-corrected chi connectivity index (χ2v) is 12.4. The average molecular weight is 671 g/mol. The Hall–Kier alpha value is -4.84. The third-order valence-electron chi connectivity index (χ3n) is 9.00. The highest BCUT2D eigenvalue weighted by atomic mass is 35.5. The lowest BCUT2D eigenvalue weighted by Crippen LogP contribution is -2.54. The van der Waals surface area contributed by atoms with E-state index in [4.69, 9.17) is 11.6 Å². The molecule has 3 aromatic heterocycles. The summed E-state index contributed by atoms with van der Waals surface area (Å²) in [6, 6.07) is 17.8. The summed E-state index contributed by atoms with van der Waals surface area (Å²) in [7, 11) is 3.93. The maximum absolute atomic E-state index is 13.5. The van der Waals surface area contributed by atoms with E-state index in [0.717, 1.165) is 52.2 Å². The molecule has 13 heteroatoms. The van der Waals surface area contributed by atoms with Crippen molar-refractivity contribution >= 4 is 45.8 Å². The lowest BCUT2D eigenvalue weighted by molar-refractivity contribution is 0.0925. The number of aromatic nitrogens is 6. The molecule has 1 aliphatic rings. The van der Waals surface area contributed by atoms with E-state index in [9.17, 15) is 9.59 Å². The van der Waals surface area contributed by atoms with Gasteiger partial charge in [0.05, 0.1) is 33.8 Å². The van der Waals surface area contributed by atoms with Crippen molar-refractivity contribution in [3.8, 4) is 0 Å². The monoisotopic (exact) mass is 670 g/mol. The number of alkyl halides is 1. The first kappa shape index (κ1) is 33.1. The minimum Gasteiger partial charge on any atom is -0.336 e. The van der Waals surface area contributed by atoms with Crippen molar-refractivity contribution in [1.29, 1.82) is 0 Å². The van der Waals surface area contributed by atoms with Crippen LogP contribution in [0.3, 0.4) is 0 Å². The van der Waals surface area contributed by atoms with E-state index in [2.05, 4.69) is 47.0 Å². The van der Waals surface area contributed by atoms with Crippen molar-refractivity contribution < 1.29 is 9.59 Å². The number of amides is 2. The van der Waals surface area contributed by atoms with Gasteiger partial charge in [-0.1, -0.05) is 24.3 Å². The van der Waals surface area contributed by atoms with Crippen molar-refractivity contribution in [3.63, 3.8) is 0 Å². The van der Waals surface area contributed by atoms with Crippen molar-refractivity contribution in [2.75, 3.05) is 23.4 Å². The van der Waals surface area contributed by atoms with Gasteiger partial charge in [0.25, 0.3) is 11.8 Å². The van der Waals surface area contributed by atoms with E-state index in [1.807, 2.05) is 82.8 Å². The van der Waals surface area contributed by atoms with E-state index in [-0.39, 0.29) is 18.1 Å². The van der Waals surface area contributed by atoms with Gasteiger partial charge in [-0.15, -0.1) is 11.6 Å². The van der Waals surface area contributed by atoms with Crippen LogP contribution in [-0.2, 0) is 32.6 Å². The van der Waals surface area contributed by atoms with Gasteiger partial charge < -0.3 is 24.3 Å². The zero-order valence-electron chi connectivity index (χ0n) is 28.4. The number of carbonyl (C=O) groups excluding carboxylic acids is 2. The average Bonchev–Trinajstić information content (AvgIpc) is 3.81. The summed E-state index contributed by atoms with van der Waals surface area (Å²) in [6.07, 6.45) is 1.26. The molecule has 1 N–H and O–H groups in total. The second-order valence-electron chi connectivity index (χ2n) is 12.2. The molecule has 1 unspecified atom stereocenters. The number of unbranched alkanes of at least 4 members (excludes halogenated alkanes) is 1. The molecule has 0 radical (unpaired) electrons. The number of benzene rings is 2. The molecule has 2 aromatic carbocycles. The first-order chi connectivity index (χ1) is 23.2. The number of aryl methyl sites for hydroxylation is 6. The number of nitrogens with one attached hydrogen (secondary N) is 1. The molecule has 0 spiro atoms. The normalized spacial score (nSPS) is 14.7. The molecule has 6 rings (SSSR count). The van der Waals surface area contributed by atoms with Gasteiger partial charge in [0.2, 0.25) is 5.62 Å². The molecule has 0 bridgehead atoms. The topological polar surface area (TPSA) is 111 Å². The first-order valence-corrected chi connectivity index (χ1v) is 17.0. The Morgan fingerprint density at radius 1 is 0.875 bits per heavy atom. The zero-order chi connectivity index (χ0) is 34.1. The summed E-state index contributed by atoms with van der Waals surface area (Å²) in [5.41, 5.74) is 8.19. The van der Waals surface area contributed by atoms with Crippen LogP contribution >= 0.6 is 11.6 Å². The number of halogens is 1. The van der Waals surface area contributed by atoms with Crippen LogP contribution in [0.15, 0.2) is 59.6 Å². The summed E-state index contributed by atoms with van der Waals surface area (Å²) in [5.74, 6) is -0.160. The highest BCUT2D eigenvalue weighted by molar-refractivity contribution is 6.17. The maximum atomic E-state index is 13.5. The van der Waals surface area contributed by atoms with Crippen molar-refractivity contribution in [1.82, 2.24) is 34.0 Å². The number of rotatable bonds is 11. The smallest absolute Gasteiger partial charge is 0.298 e. The zero-order valence-corrected chi connectivity index (χ0v) is 29.2. The summed E-state index contributed by atoms with van der Waals surface area (Å²) >= 11 is 6.43. The van der Waals surface area contributed by atoms with Crippen LogP contribution in [0.1, 0.15) is 64.6 Å². The quantitative estimate of drug-likeness (QED) is 0.157. The summed E-state index contributed by atoms with van der Waals surface area (Å²) < 4.78 is 7.50. The number of para-hydroxylation sites is 3. The van der Waals surface area contributed by atoms with E-state index >= 15 is 0 Å².